The fraction of sp³-hybridized carbons (Fsp3) is 0.278. The molecule has 0 saturated carbocycles. The Hall–Kier alpha value is -2.24. The molecule has 1 amide bonds. The van der Waals surface area contributed by atoms with E-state index in [1.54, 1.807) is 19.2 Å². The average molecular weight is 317 g/mol. The predicted molar refractivity (Wildman–Crippen MR) is 87.5 cm³/mol. The van der Waals surface area contributed by atoms with E-state index in [0.29, 0.717) is 12.3 Å². The van der Waals surface area contributed by atoms with Gasteiger partial charge in [0.05, 0.1) is 6.61 Å². The second-order valence-corrected chi connectivity index (χ2v) is 5.51. The van der Waals surface area contributed by atoms with Gasteiger partial charge < -0.3 is 15.4 Å². The van der Waals surface area contributed by atoms with Gasteiger partial charge in [-0.3, -0.25) is 4.79 Å². The minimum Gasteiger partial charge on any atom is -0.379 e. The summed E-state index contributed by atoms with van der Waals surface area (Å²) >= 11 is 0. The highest BCUT2D eigenvalue weighted by Crippen LogP contribution is 2.14. The number of nitrogens with two attached hydrogens (primary N) is 1. The molecule has 2 rings (SSSR count). The SMILES string of the molecule is COC[C@@H](C)[NH2+][C@@H](C(=O)Nc1ccc(F)cc1)c1ccccc1. The van der Waals surface area contributed by atoms with Gasteiger partial charge in [-0.15, -0.1) is 0 Å². The van der Waals surface area contributed by atoms with Crippen molar-refractivity contribution in [1.82, 2.24) is 0 Å². The van der Waals surface area contributed by atoms with Gasteiger partial charge in [0.2, 0.25) is 0 Å². The molecular formula is C18H22FN2O2+. The lowest BCUT2D eigenvalue weighted by atomic mass is 10.0. The number of hydrogen-bond donors (Lipinski definition) is 2. The molecular weight excluding hydrogens is 295 g/mol. The van der Waals surface area contributed by atoms with Crippen LogP contribution in [0, 0.1) is 5.82 Å². The molecule has 0 fully saturated rings. The third-order valence-electron chi connectivity index (χ3n) is 3.50. The second kappa shape index (κ2) is 8.41. The van der Waals surface area contributed by atoms with Crippen LogP contribution in [0.4, 0.5) is 10.1 Å². The number of nitrogens with one attached hydrogen (secondary N) is 1. The van der Waals surface area contributed by atoms with Crippen molar-refractivity contribution < 1.29 is 19.2 Å². The molecule has 2 atom stereocenters. The van der Waals surface area contributed by atoms with Crippen LogP contribution < -0.4 is 10.6 Å². The zero-order chi connectivity index (χ0) is 16.7. The Labute approximate surface area is 135 Å². The molecule has 122 valence electrons. The summed E-state index contributed by atoms with van der Waals surface area (Å²) in [5, 5.41) is 4.81. The highest BCUT2D eigenvalue weighted by Gasteiger charge is 2.26. The largest absolute Gasteiger partial charge is 0.379 e. The molecule has 5 heteroatoms. The number of rotatable bonds is 7. The topological polar surface area (TPSA) is 54.9 Å². The number of anilines is 1. The van der Waals surface area contributed by atoms with Crippen LogP contribution in [0.3, 0.4) is 0 Å². The van der Waals surface area contributed by atoms with E-state index in [2.05, 4.69) is 5.32 Å². The van der Waals surface area contributed by atoms with Crippen molar-refractivity contribution in [2.24, 2.45) is 0 Å². The quantitative estimate of drug-likeness (QED) is 0.822. The Kier molecular flexibility index (Phi) is 6.26. The Morgan fingerprint density at radius 2 is 1.83 bits per heavy atom. The fourth-order valence-electron chi connectivity index (χ4n) is 2.41. The van der Waals surface area contributed by atoms with Gasteiger partial charge in [0, 0.05) is 18.4 Å². The van der Waals surface area contributed by atoms with Crippen LogP contribution in [-0.4, -0.2) is 25.7 Å². The van der Waals surface area contributed by atoms with E-state index >= 15 is 0 Å². The summed E-state index contributed by atoms with van der Waals surface area (Å²) in [6, 6.07) is 15.0. The van der Waals surface area contributed by atoms with Crippen molar-refractivity contribution in [3.8, 4) is 0 Å². The first-order valence-corrected chi connectivity index (χ1v) is 7.55. The molecule has 0 aliphatic carbocycles. The van der Waals surface area contributed by atoms with Crippen molar-refractivity contribution >= 4 is 11.6 Å². The number of halogens is 1. The highest BCUT2D eigenvalue weighted by atomic mass is 19.1. The summed E-state index contributed by atoms with van der Waals surface area (Å²) in [6.45, 7) is 2.55. The lowest BCUT2D eigenvalue weighted by Crippen LogP contribution is -2.92. The Morgan fingerprint density at radius 1 is 1.17 bits per heavy atom. The second-order valence-electron chi connectivity index (χ2n) is 5.51. The van der Waals surface area contributed by atoms with E-state index in [-0.39, 0.29) is 17.8 Å². The number of quaternary nitrogens is 1. The minimum atomic E-state index is -0.397. The molecule has 0 unspecified atom stereocenters. The molecule has 0 spiro atoms. The van der Waals surface area contributed by atoms with Gasteiger partial charge in [-0.1, -0.05) is 30.3 Å². The summed E-state index contributed by atoms with van der Waals surface area (Å²) in [6.07, 6.45) is 0. The molecule has 0 aliphatic heterocycles. The number of amides is 1. The fourth-order valence-corrected chi connectivity index (χ4v) is 2.41. The van der Waals surface area contributed by atoms with Crippen LogP contribution in [0.5, 0.6) is 0 Å². The van der Waals surface area contributed by atoms with Crippen molar-refractivity contribution in [3.63, 3.8) is 0 Å². The number of methoxy groups -OCH3 is 1. The van der Waals surface area contributed by atoms with Gasteiger partial charge >= 0.3 is 0 Å². The highest BCUT2D eigenvalue weighted by molar-refractivity contribution is 5.94. The van der Waals surface area contributed by atoms with E-state index in [9.17, 15) is 9.18 Å². The molecule has 23 heavy (non-hydrogen) atoms. The molecule has 0 heterocycles. The van der Waals surface area contributed by atoms with Gasteiger partial charge in [-0.05, 0) is 31.2 Å². The molecule has 0 aliphatic rings. The van der Waals surface area contributed by atoms with Crippen LogP contribution in [0.15, 0.2) is 54.6 Å². The van der Waals surface area contributed by atoms with E-state index in [1.807, 2.05) is 42.6 Å². The van der Waals surface area contributed by atoms with Gasteiger partial charge in [0.25, 0.3) is 5.91 Å². The monoisotopic (exact) mass is 317 g/mol. The Bertz CT molecular complexity index is 617. The number of carbonyl (C=O) groups excluding carboxylic acids is 1. The smallest absolute Gasteiger partial charge is 0.287 e. The molecule has 0 radical (unpaired) electrons. The first kappa shape index (κ1) is 17.1. The van der Waals surface area contributed by atoms with E-state index < -0.39 is 6.04 Å². The summed E-state index contributed by atoms with van der Waals surface area (Å²) in [7, 11) is 1.64. The number of hydrogen-bond acceptors (Lipinski definition) is 2. The standard InChI is InChI=1S/C18H21FN2O2/c1-13(12-23-2)20-17(14-6-4-3-5-7-14)18(22)21-16-10-8-15(19)9-11-16/h3-11,13,17,20H,12H2,1-2H3,(H,21,22)/p+1/t13-,17-/m1/s1. The maximum absolute atomic E-state index is 13.0. The van der Waals surface area contributed by atoms with Crippen LogP contribution in [0.2, 0.25) is 0 Å². The van der Waals surface area contributed by atoms with Gasteiger partial charge in [-0.2, -0.15) is 0 Å². The number of benzene rings is 2. The van der Waals surface area contributed by atoms with Crippen molar-refractivity contribution in [3.05, 3.63) is 66.0 Å². The summed E-state index contributed by atoms with van der Waals surface area (Å²) in [5.74, 6) is -0.478. The molecule has 2 aromatic rings. The van der Waals surface area contributed by atoms with Crippen LogP contribution in [-0.2, 0) is 9.53 Å². The third kappa shape index (κ3) is 5.16. The molecule has 0 bridgehead atoms. The number of ether oxygens (including phenoxy) is 1. The zero-order valence-corrected chi connectivity index (χ0v) is 13.3. The van der Waals surface area contributed by atoms with E-state index in [4.69, 9.17) is 4.74 Å². The maximum Gasteiger partial charge on any atom is 0.287 e. The first-order chi connectivity index (χ1) is 11.1. The predicted octanol–water partition coefficient (Wildman–Crippen LogP) is 2.10. The van der Waals surface area contributed by atoms with Crippen LogP contribution >= 0.6 is 0 Å². The lowest BCUT2D eigenvalue weighted by Gasteiger charge is -2.19. The average Bonchev–Trinajstić information content (AvgIpc) is 2.56. The number of carbonyl (C=O) groups is 1. The Balaban J connectivity index is 2.15. The molecule has 0 aromatic heterocycles. The molecule has 2 aromatic carbocycles. The zero-order valence-electron chi connectivity index (χ0n) is 13.3. The lowest BCUT2D eigenvalue weighted by molar-refractivity contribution is -0.713. The van der Waals surface area contributed by atoms with Crippen LogP contribution in [0.1, 0.15) is 18.5 Å². The third-order valence-corrected chi connectivity index (χ3v) is 3.50. The molecule has 0 saturated heterocycles. The maximum atomic E-state index is 13.0. The van der Waals surface area contributed by atoms with Gasteiger partial charge in [-0.25, -0.2) is 4.39 Å². The van der Waals surface area contributed by atoms with E-state index in [0.717, 1.165) is 5.56 Å². The van der Waals surface area contributed by atoms with Crippen molar-refractivity contribution in [1.29, 1.82) is 0 Å². The summed E-state index contributed by atoms with van der Waals surface area (Å²) in [4.78, 5) is 12.7. The summed E-state index contributed by atoms with van der Waals surface area (Å²) in [5.41, 5.74) is 1.49. The van der Waals surface area contributed by atoms with Gasteiger partial charge in [0.1, 0.15) is 11.9 Å². The van der Waals surface area contributed by atoms with Crippen molar-refractivity contribution in [2.75, 3.05) is 19.0 Å². The normalized spacial score (nSPS) is 13.3. The van der Waals surface area contributed by atoms with E-state index in [1.165, 1.54) is 12.1 Å². The van der Waals surface area contributed by atoms with Gasteiger partial charge in [0.15, 0.2) is 6.04 Å². The first-order valence-electron chi connectivity index (χ1n) is 7.55. The summed E-state index contributed by atoms with van der Waals surface area (Å²) < 4.78 is 18.1. The van der Waals surface area contributed by atoms with Crippen LogP contribution in [0.25, 0.3) is 0 Å². The minimum absolute atomic E-state index is 0.129. The molecule has 3 N–H and O–H groups in total. The Morgan fingerprint density at radius 3 is 2.43 bits per heavy atom. The molecule has 4 nitrogen and oxygen atoms in total. The van der Waals surface area contributed by atoms with Crippen molar-refractivity contribution in [2.45, 2.75) is 19.0 Å².